The van der Waals surface area contributed by atoms with Crippen LogP contribution in [0.5, 0.6) is 0 Å². The SMILES string of the molecule is CCCCCCOP(C)(=O)OP(=O)(O)O. The topological polar surface area (TPSA) is 93.1 Å². The van der Waals surface area contributed by atoms with Gasteiger partial charge in [0, 0.05) is 6.66 Å². The van der Waals surface area contributed by atoms with E-state index in [1.165, 1.54) is 0 Å². The van der Waals surface area contributed by atoms with E-state index in [1.807, 2.05) is 0 Å². The molecule has 0 rings (SSSR count). The van der Waals surface area contributed by atoms with Crippen LogP contribution in [0, 0.1) is 0 Å². The van der Waals surface area contributed by atoms with E-state index in [-0.39, 0.29) is 6.61 Å². The third kappa shape index (κ3) is 10.6. The first kappa shape index (κ1) is 15.3. The molecule has 0 bridgehead atoms. The monoisotopic (exact) mass is 260 g/mol. The van der Waals surface area contributed by atoms with E-state index in [1.54, 1.807) is 0 Å². The lowest BCUT2D eigenvalue weighted by Gasteiger charge is -2.14. The number of hydrogen-bond acceptors (Lipinski definition) is 4. The highest BCUT2D eigenvalue weighted by Crippen LogP contribution is 2.57. The van der Waals surface area contributed by atoms with E-state index in [2.05, 4.69) is 11.2 Å². The Labute approximate surface area is 89.8 Å². The molecule has 0 aliphatic heterocycles. The first-order valence-corrected chi connectivity index (χ1v) is 8.28. The number of unbranched alkanes of at least 4 members (excludes halogenated alkanes) is 3. The molecule has 0 aromatic heterocycles. The van der Waals surface area contributed by atoms with Crippen LogP contribution in [0.2, 0.25) is 0 Å². The van der Waals surface area contributed by atoms with Crippen LogP contribution < -0.4 is 0 Å². The molecule has 15 heavy (non-hydrogen) atoms. The Balaban J connectivity index is 3.75. The number of rotatable bonds is 8. The Hall–Kier alpha value is 0.300. The molecule has 0 heterocycles. The predicted octanol–water partition coefficient (Wildman–Crippen LogP) is 2.52. The molecule has 0 radical (unpaired) electrons. The van der Waals surface area contributed by atoms with Crippen LogP contribution in [0.25, 0.3) is 0 Å². The van der Waals surface area contributed by atoms with Crippen molar-refractivity contribution >= 4 is 15.4 Å². The molecule has 0 amide bonds. The maximum absolute atomic E-state index is 11.3. The quantitative estimate of drug-likeness (QED) is 0.514. The Kier molecular flexibility index (Phi) is 6.93. The van der Waals surface area contributed by atoms with Crippen molar-refractivity contribution in [3.05, 3.63) is 0 Å². The molecular formula is C7H18O6P2. The Morgan fingerprint density at radius 3 is 2.20 bits per heavy atom. The summed E-state index contributed by atoms with van der Waals surface area (Å²) in [5.41, 5.74) is 0. The summed E-state index contributed by atoms with van der Waals surface area (Å²) in [6.45, 7) is 3.29. The van der Waals surface area contributed by atoms with Gasteiger partial charge in [0.2, 0.25) is 0 Å². The highest BCUT2D eigenvalue weighted by molar-refractivity contribution is 7.63. The van der Waals surface area contributed by atoms with Gasteiger partial charge in [0.05, 0.1) is 6.61 Å². The fourth-order valence-electron chi connectivity index (χ4n) is 0.976. The van der Waals surface area contributed by atoms with Gasteiger partial charge in [0.15, 0.2) is 0 Å². The molecule has 0 fully saturated rings. The average Bonchev–Trinajstić information content (AvgIpc) is 1.99. The zero-order chi connectivity index (χ0) is 11.9. The second kappa shape index (κ2) is 6.79. The van der Waals surface area contributed by atoms with Gasteiger partial charge in [-0.25, -0.2) is 8.88 Å². The summed E-state index contributed by atoms with van der Waals surface area (Å²) in [5, 5.41) is 0. The van der Waals surface area contributed by atoms with Crippen LogP contribution in [0.15, 0.2) is 0 Å². The standard InChI is InChI=1S/C7H18O6P2/c1-3-4-5-6-7-12-14(2,8)13-15(9,10)11/h3-7H2,1-2H3,(H2,9,10,11). The third-order valence-electron chi connectivity index (χ3n) is 1.58. The van der Waals surface area contributed by atoms with E-state index >= 15 is 0 Å². The van der Waals surface area contributed by atoms with Crippen molar-refractivity contribution in [3.8, 4) is 0 Å². The van der Waals surface area contributed by atoms with Crippen LogP contribution in [0.1, 0.15) is 32.6 Å². The lowest BCUT2D eigenvalue weighted by Crippen LogP contribution is -1.95. The van der Waals surface area contributed by atoms with Crippen LogP contribution in [-0.4, -0.2) is 23.1 Å². The maximum atomic E-state index is 11.3. The van der Waals surface area contributed by atoms with Gasteiger partial charge in [-0.05, 0) is 6.42 Å². The van der Waals surface area contributed by atoms with Gasteiger partial charge in [0.1, 0.15) is 0 Å². The molecule has 0 aromatic rings. The average molecular weight is 260 g/mol. The molecule has 6 nitrogen and oxygen atoms in total. The molecule has 0 aliphatic carbocycles. The maximum Gasteiger partial charge on any atom is 0.476 e. The second-order valence-corrected chi connectivity index (χ2v) is 6.67. The van der Waals surface area contributed by atoms with Gasteiger partial charge in [-0.3, -0.25) is 4.57 Å². The zero-order valence-corrected chi connectivity index (χ0v) is 10.7. The number of phosphoric acid groups is 1. The summed E-state index contributed by atoms with van der Waals surface area (Å²) in [7, 11) is -8.36. The van der Waals surface area contributed by atoms with Crippen molar-refractivity contribution < 1.29 is 27.8 Å². The second-order valence-electron chi connectivity index (χ2n) is 3.24. The van der Waals surface area contributed by atoms with Crippen LogP contribution in [0.3, 0.4) is 0 Å². The van der Waals surface area contributed by atoms with Gasteiger partial charge in [0.25, 0.3) is 0 Å². The minimum absolute atomic E-state index is 0.188. The Morgan fingerprint density at radius 2 is 1.73 bits per heavy atom. The summed E-state index contributed by atoms with van der Waals surface area (Å²) >= 11 is 0. The smallest absolute Gasteiger partial charge is 0.308 e. The molecule has 8 heteroatoms. The van der Waals surface area contributed by atoms with Gasteiger partial charge in [-0.1, -0.05) is 26.2 Å². The number of hydrogen-bond donors (Lipinski definition) is 2. The first-order valence-electron chi connectivity index (χ1n) is 4.76. The first-order chi connectivity index (χ1) is 6.77. The highest BCUT2D eigenvalue weighted by Gasteiger charge is 2.28. The van der Waals surface area contributed by atoms with Crippen molar-refractivity contribution in [2.24, 2.45) is 0 Å². The van der Waals surface area contributed by atoms with Crippen LogP contribution in [-0.2, 0) is 18.0 Å². The van der Waals surface area contributed by atoms with E-state index in [4.69, 9.17) is 14.3 Å². The molecule has 0 saturated heterocycles. The van der Waals surface area contributed by atoms with Gasteiger partial charge >= 0.3 is 15.4 Å². The van der Waals surface area contributed by atoms with E-state index < -0.39 is 15.4 Å². The van der Waals surface area contributed by atoms with Crippen molar-refractivity contribution in [2.45, 2.75) is 32.6 Å². The minimum atomic E-state index is -4.74. The minimum Gasteiger partial charge on any atom is -0.308 e. The lowest BCUT2D eigenvalue weighted by molar-refractivity contribution is 0.226. The van der Waals surface area contributed by atoms with Gasteiger partial charge in [-0.2, -0.15) is 0 Å². The molecule has 0 aromatic carbocycles. The summed E-state index contributed by atoms with van der Waals surface area (Å²) < 4.78 is 30.6. The van der Waals surface area contributed by atoms with E-state index in [9.17, 15) is 9.13 Å². The predicted molar refractivity (Wildman–Crippen MR) is 56.8 cm³/mol. The fourth-order valence-corrected chi connectivity index (χ4v) is 3.17. The van der Waals surface area contributed by atoms with Crippen molar-refractivity contribution in [2.75, 3.05) is 13.3 Å². The van der Waals surface area contributed by atoms with Gasteiger partial charge < -0.3 is 14.3 Å². The summed E-state index contributed by atoms with van der Waals surface area (Å²) in [6.07, 6.45) is 3.77. The zero-order valence-electron chi connectivity index (χ0n) is 8.96. The molecular weight excluding hydrogens is 242 g/mol. The lowest BCUT2D eigenvalue weighted by atomic mass is 10.2. The molecule has 1 atom stereocenters. The molecule has 0 aliphatic rings. The molecule has 2 N–H and O–H groups in total. The third-order valence-corrected chi connectivity index (χ3v) is 4.27. The highest BCUT2D eigenvalue weighted by atomic mass is 31.3. The molecule has 0 spiro atoms. The van der Waals surface area contributed by atoms with E-state index in [0.29, 0.717) is 6.42 Å². The fraction of sp³-hybridized carbons (Fsp3) is 1.00. The van der Waals surface area contributed by atoms with Crippen molar-refractivity contribution in [1.29, 1.82) is 0 Å². The summed E-state index contributed by atoms with van der Waals surface area (Å²) in [4.78, 5) is 16.9. The summed E-state index contributed by atoms with van der Waals surface area (Å²) in [6, 6.07) is 0. The molecule has 0 saturated carbocycles. The largest absolute Gasteiger partial charge is 0.476 e. The summed E-state index contributed by atoms with van der Waals surface area (Å²) in [5.74, 6) is 0. The van der Waals surface area contributed by atoms with Crippen molar-refractivity contribution in [1.82, 2.24) is 0 Å². The van der Waals surface area contributed by atoms with Crippen molar-refractivity contribution in [3.63, 3.8) is 0 Å². The van der Waals surface area contributed by atoms with Gasteiger partial charge in [-0.15, -0.1) is 0 Å². The normalized spacial score (nSPS) is 16.3. The molecule has 92 valence electrons. The Bertz CT molecular complexity index is 260. The van der Waals surface area contributed by atoms with Crippen LogP contribution in [0.4, 0.5) is 0 Å². The Morgan fingerprint density at radius 1 is 1.13 bits per heavy atom. The van der Waals surface area contributed by atoms with E-state index in [0.717, 1.165) is 25.9 Å². The van der Waals surface area contributed by atoms with Crippen LogP contribution >= 0.6 is 15.4 Å². The molecule has 1 unspecified atom stereocenters.